The van der Waals surface area contributed by atoms with E-state index in [0.29, 0.717) is 36.4 Å². The molecule has 3 amide bonds. The molecule has 0 bridgehead atoms. The monoisotopic (exact) mass is 425 g/mol. The van der Waals surface area contributed by atoms with Gasteiger partial charge in [-0.05, 0) is 49.4 Å². The number of hydrogen-bond acceptors (Lipinski definition) is 6. The van der Waals surface area contributed by atoms with Crippen LogP contribution in [-0.4, -0.2) is 52.2 Å². The maximum Gasteiger partial charge on any atom is 0.313 e. The Hall–Kier alpha value is -3.82. The number of rotatable bonds is 5. The maximum absolute atomic E-state index is 12.5. The van der Waals surface area contributed by atoms with Crippen molar-refractivity contribution >= 4 is 29.1 Å². The predicted molar refractivity (Wildman–Crippen MR) is 112 cm³/mol. The number of nitrogens with one attached hydrogen (secondary N) is 2. The normalized spacial score (nSPS) is 14.0. The second-order valence-corrected chi connectivity index (χ2v) is 7.39. The van der Waals surface area contributed by atoms with Crippen molar-refractivity contribution in [2.45, 2.75) is 19.8 Å². The van der Waals surface area contributed by atoms with Crippen LogP contribution in [-0.2, 0) is 9.59 Å². The molecule has 0 aliphatic carbocycles. The summed E-state index contributed by atoms with van der Waals surface area (Å²) in [5.41, 5.74) is 1.34. The van der Waals surface area contributed by atoms with Crippen molar-refractivity contribution in [2.75, 3.05) is 25.0 Å². The van der Waals surface area contributed by atoms with Gasteiger partial charge in [-0.3, -0.25) is 29.5 Å². The first-order valence-electron chi connectivity index (χ1n) is 9.88. The summed E-state index contributed by atoms with van der Waals surface area (Å²) in [7, 11) is 0. The van der Waals surface area contributed by atoms with Crippen LogP contribution >= 0.6 is 0 Å². The van der Waals surface area contributed by atoms with Crippen molar-refractivity contribution in [3.8, 4) is 0 Å². The van der Waals surface area contributed by atoms with Gasteiger partial charge < -0.3 is 15.5 Å². The molecular formula is C21H23N5O5. The van der Waals surface area contributed by atoms with Gasteiger partial charge in [-0.15, -0.1) is 0 Å². The zero-order valence-corrected chi connectivity index (χ0v) is 17.0. The summed E-state index contributed by atoms with van der Waals surface area (Å²) < 4.78 is 0. The summed E-state index contributed by atoms with van der Waals surface area (Å²) in [6.45, 7) is 3.11. The van der Waals surface area contributed by atoms with Crippen molar-refractivity contribution in [1.82, 2.24) is 15.2 Å². The molecule has 0 radical (unpaired) electrons. The Morgan fingerprint density at radius 3 is 2.42 bits per heavy atom. The minimum Gasteiger partial charge on any atom is -0.348 e. The summed E-state index contributed by atoms with van der Waals surface area (Å²) >= 11 is 0. The number of nitro benzene ring substituents is 1. The lowest BCUT2D eigenvalue weighted by Gasteiger charge is -2.32. The number of aromatic nitrogens is 1. The molecule has 1 saturated heterocycles. The van der Waals surface area contributed by atoms with Crippen molar-refractivity contribution in [1.29, 1.82) is 0 Å². The summed E-state index contributed by atoms with van der Waals surface area (Å²) in [6, 6.07) is 7.35. The number of hydrogen-bond donors (Lipinski definition) is 2. The average Bonchev–Trinajstić information content (AvgIpc) is 2.79. The fraction of sp³-hybridized carbons (Fsp3) is 0.333. The van der Waals surface area contributed by atoms with Gasteiger partial charge in [0.25, 0.3) is 11.6 Å². The van der Waals surface area contributed by atoms with Crippen LogP contribution in [0.1, 0.15) is 28.8 Å². The number of aryl methyl sites for hydroxylation is 1. The van der Waals surface area contributed by atoms with Gasteiger partial charge in [0.1, 0.15) is 0 Å². The van der Waals surface area contributed by atoms with Crippen LogP contribution in [0.3, 0.4) is 0 Å². The third-order valence-corrected chi connectivity index (χ3v) is 5.26. The van der Waals surface area contributed by atoms with Crippen LogP contribution < -0.4 is 10.6 Å². The Morgan fingerprint density at radius 2 is 1.81 bits per heavy atom. The van der Waals surface area contributed by atoms with Crippen LogP contribution in [0.2, 0.25) is 0 Å². The van der Waals surface area contributed by atoms with E-state index in [1.807, 2.05) is 0 Å². The highest BCUT2D eigenvalue weighted by molar-refractivity contribution is 6.39. The van der Waals surface area contributed by atoms with E-state index in [1.165, 1.54) is 18.2 Å². The standard InChI is InChI=1S/C21H23N5O5/c1-14-12-17(26(30)31)2-3-18(14)24-20(28)19(27)23-13-15-6-10-25(11-7-15)21(29)16-4-8-22-9-5-16/h2-5,8-9,12,15H,6-7,10-11,13H2,1H3,(H,23,27)(H,24,28). The van der Waals surface area contributed by atoms with Crippen LogP contribution in [0, 0.1) is 23.0 Å². The molecule has 3 rings (SSSR count). The molecule has 0 saturated carbocycles. The number of non-ortho nitro benzene ring substituents is 1. The second kappa shape index (κ2) is 9.79. The van der Waals surface area contributed by atoms with Crippen LogP contribution in [0.15, 0.2) is 42.7 Å². The number of anilines is 1. The van der Waals surface area contributed by atoms with Crippen LogP contribution in [0.4, 0.5) is 11.4 Å². The van der Waals surface area contributed by atoms with E-state index < -0.39 is 16.7 Å². The first kappa shape index (κ1) is 21.9. The number of amides is 3. The summed E-state index contributed by atoms with van der Waals surface area (Å²) in [6.07, 6.45) is 4.61. The molecule has 1 aliphatic rings. The van der Waals surface area contributed by atoms with Crippen LogP contribution in [0.25, 0.3) is 0 Å². The van der Waals surface area contributed by atoms with E-state index in [1.54, 1.807) is 36.4 Å². The lowest BCUT2D eigenvalue weighted by molar-refractivity contribution is -0.384. The molecule has 0 unspecified atom stereocenters. The molecule has 1 aliphatic heterocycles. The third kappa shape index (κ3) is 5.62. The second-order valence-electron chi connectivity index (χ2n) is 7.39. The summed E-state index contributed by atoms with van der Waals surface area (Å²) in [5.74, 6) is -1.47. The number of nitro groups is 1. The zero-order chi connectivity index (χ0) is 22.4. The fourth-order valence-corrected chi connectivity index (χ4v) is 3.42. The molecule has 162 valence electrons. The Morgan fingerprint density at radius 1 is 1.13 bits per heavy atom. The first-order valence-corrected chi connectivity index (χ1v) is 9.88. The fourth-order valence-electron chi connectivity index (χ4n) is 3.42. The number of likely N-dealkylation sites (tertiary alicyclic amines) is 1. The highest BCUT2D eigenvalue weighted by Gasteiger charge is 2.25. The van der Waals surface area contributed by atoms with E-state index in [4.69, 9.17) is 0 Å². The lowest BCUT2D eigenvalue weighted by Crippen LogP contribution is -2.43. The molecule has 1 aromatic heterocycles. The number of carbonyl (C=O) groups excluding carboxylic acids is 3. The Labute approximate surface area is 178 Å². The van der Waals surface area contributed by atoms with Gasteiger partial charge in [0.15, 0.2) is 0 Å². The van der Waals surface area contributed by atoms with Crippen molar-refractivity contribution in [3.63, 3.8) is 0 Å². The molecule has 2 N–H and O–H groups in total. The molecule has 0 spiro atoms. The quantitative estimate of drug-likeness (QED) is 0.427. The zero-order valence-electron chi connectivity index (χ0n) is 17.0. The molecule has 31 heavy (non-hydrogen) atoms. The van der Waals surface area contributed by atoms with Crippen molar-refractivity contribution in [2.24, 2.45) is 5.92 Å². The minimum absolute atomic E-state index is 0.0391. The minimum atomic E-state index is -0.831. The van der Waals surface area contributed by atoms with E-state index >= 15 is 0 Å². The van der Waals surface area contributed by atoms with Gasteiger partial charge >= 0.3 is 11.8 Å². The first-order chi connectivity index (χ1) is 14.8. The average molecular weight is 425 g/mol. The Kier molecular flexibility index (Phi) is 6.91. The smallest absolute Gasteiger partial charge is 0.313 e. The van der Waals surface area contributed by atoms with Crippen LogP contribution in [0.5, 0.6) is 0 Å². The third-order valence-electron chi connectivity index (χ3n) is 5.26. The van der Waals surface area contributed by atoms with Gasteiger partial charge in [0.05, 0.1) is 4.92 Å². The molecule has 1 aromatic carbocycles. The van der Waals surface area contributed by atoms with Gasteiger partial charge in [-0.2, -0.15) is 0 Å². The topological polar surface area (TPSA) is 135 Å². The molecule has 1 fully saturated rings. The number of piperidine rings is 1. The molecule has 2 aromatic rings. The van der Waals surface area contributed by atoms with Crippen molar-refractivity contribution < 1.29 is 19.3 Å². The predicted octanol–water partition coefficient (Wildman–Crippen LogP) is 1.91. The largest absolute Gasteiger partial charge is 0.348 e. The SMILES string of the molecule is Cc1cc([N+](=O)[O-])ccc1NC(=O)C(=O)NCC1CCN(C(=O)c2ccncc2)CC1. The summed E-state index contributed by atoms with van der Waals surface area (Å²) in [5, 5.41) is 15.9. The van der Waals surface area contributed by atoms with E-state index in [9.17, 15) is 24.5 Å². The Bertz CT molecular complexity index is 987. The highest BCUT2D eigenvalue weighted by atomic mass is 16.6. The molecule has 0 atom stereocenters. The van der Waals surface area contributed by atoms with E-state index in [2.05, 4.69) is 15.6 Å². The number of carbonyl (C=O) groups is 3. The summed E-state index contributed by atoms with van der Waals surface area (Å²) in [4.78, 5) is 52.7. The van der Waals surface area contributed by atoms with Gasteiger partial charge in [-0.25, -0.2) is 0 Å². The molecular weight excluding hydrogens is 402 g/mol. The van der Waals surface area contributed by atoms with E-state index in [0.717, 1.165) is 12.8 Å². The van der Waals surface area contributed by atoms with Gasteiger partial charge in [-0.1, -0.05) is 0 Å². The molecule has 10 nitrogen and oxygen atoms in total. The van der Waals surface area contributed by atoms with E-state index in [-0.39, 0.29) is 17.5 Å². The number of nitrogens with zero attached hydrogens (tertiary/aromatic N) is 3. The highest BCUT2D eigenvalue weighted by Crippen LogP contribution is 2.21. The number of benzene rings is 1. The van der Waals surface area contributed by atoms with Gasteiger partial charge in [0, 0.05) is 55.4 Å². The Balaban J connectivity index is 1.44. The molecule has 2 heterocycles. The van der Waals surface area contributed by atoms with Gasteiger partial charge in [0.2, 0.25) is 0 Å². The lowest BCUT2D eigenvalue weighted by atomic mass is 9.96. The molecule has 10 heteroatoms. The number of pyridine rings is 1. The van der Waals surface area contributed by atoms with Crippen molar-refractivity contribution in [3.05, 3.63) is 64.0 Å². The maximum atomic E-state index is 12.5.